The normalized spacial score (nSPS) is 13.3. The van der Waals surface area contributed by atoms with Crippen LogP contribution < -0.4 is 15.7 Å². The van der Waals surface area contributed by atoms with E-state index in [2.05, 4.69) is 54.1 Å². The van der Waals surface area contributed by atoms with Crippen molar-refractivity contribution in [3.8, 4) is 0 Å². The van der Waals surface area contributed by atoms with Crippen molar-refractivity contribution in [2.45, 2.75) is 39.3 Å². The van der Waals surface area contributed by atoms with Gasteiger partial charge in [0, 0.05) is 39.3 Å². The van der Waals surface area contributed by atoms with E-state index in [1.54, 1.807) is 0 Å². The molecule has 4 nitrogen and oxygen atoms in total. The summed E-state index contributed by atoms with van der Waals surface area (Å²) < 4.78 is 0. The van der Waals surface area contributed by atoms with Crippen LogP contribution in [0.2, 0.25) is 39.3 Å². The molecule has 0 spiro atoms. The first-order valence-electron chi connectivity index (χ1n) is 7.06. The van der Waals surface area contributed by atoms with Gasteiger partial charge in [-0.3, -0.25) is 4.90 Å². The summed E-state index contributed by atoms with van der Waals surface area (Å²) in [6, 6.07) is 0. The Morgan fingerprint density at radius 2 is 1.17 bits per heavy atom. The van der Waals surface area contributed by atoms with Crippen LogP contribution in [0.5, 0.6) is 0 Å². The zero-order valence-electron chi connectivity index (χ0n) is 13.3. The zero-order valence-corrected chi connectivity index (χ0v) is 15.3. The van der Waals surface area contributed by atoms with Crippen LogP contribution in [0, 0.1) is 0 Å². The van der Waals surface area contributed by atoms with Crippen LogP contribution in [0.3, 0.4) is 0 Å². The number of hydrogen-bond acceptors (Lipinski definition) is 4. The Balaban J connectivity index is 3.85. The summed E-state index contributed by atoms with van der Waals surface area (Å²) in [6.07, 6.45) is 0. The molecule has 0 bridgehead atoms. The molecule has 0 aliphatic carbocycles. The van der Waals surface area contributed by atoms with Crippen molar-refractivity contribution in [2.24, 2.45) is 5.73 Å². The highest BCUT2D eigenvalue weighted by Crippen LogP contribution is 1.95. The van der Waals surface area contributed by atoms with Gasteiger partial charge in [-0.25, -0.2) is 0 Å². The summed E-state index contributed by atoms with van der Waals surface area (Å²) in [7, 11) is -2.25. The molecule has 0 atom stereocenters. The molecule has 0 aliphatic rings. The van der Waals surface area contributed by atoms with Gasteiger partial charge in [0.2, 0.25) is 0 Å². The Bertz CT molecular complexity index is 191. The number of nitrogens with one attached hydrogen (secondary N) is 2. The highest BCUT2D eigenvalue weighted by atomic mass is 28.3. The van der Waals surface area contributed by atoms with Crippen LogP contribution in [0.1, 0.15) is 0 Å². The average molecular weight is 291 g/mol. The monoisotopic (exact) mass is 290 g/mol. The molecule has 0 unspecified atom stereocenters. The molecular formula is C12H34N4Si2. The lowest BCUT2D eigenvalue weighted by atomic mass is 10.4. The molecule has 0 aromatic rings. The second-order valence-corrected chi connectivity index (χ2v) is 16.7. The first-order chi connectivity index (χ1) is 8.14. The van der Waals surface area contributed by atoms with E-state index in [1.165, 1.54) is 0 Å². The van der Waals surface area contributed by atoms with E-state index in [1.807, 2.05) is 0 Å². The fourth-order valence-electron chi connectivity index (χ4n) is 1.70. The Morgan fingerprint density at radius 3 is 1.44 bits per heavy atom. The summed E-state index contributed by atoms with van der Waals surface area (Å²) in [5.74, 6) is 0. The Labute approximate surface area is 116 Å². The van der Waals surface area contributed by atoms with Crippen LogP contribution >= 0.6 is 0 Å². The minimum absolute atomic E-state index is 0.750. The first kappa shape index (κ1) is 18.3. The van der Waals surface area contributed by atoms with E-state index >= 15 is 0 Å². The minimum Gasteiger partial charge on any atom is -0.336 e. The predicted octanol–water partition coefficient (Wildman–Crippen LogP) is 1.10. The largest absolute Gasteiger partial charge is 0.336 e. The van der Waals surface area contributed by atoms with Crippen LogP contribution in [0.15, 0.2) is 0 Å². The van der Waals surface area contributed by atoms with Crippen LogP contribution in [0.4, 0.5) is 0 Å². The quantitative estimate of drug-likeness (QED) is 0.527. The van der Waals surface area contributed by atoms with E-state index < -0.39 is 16.5 Å². The van der Waals surface area contributed by atoms with Crippen molar-refractivity contribution in [2.75, 3.05) is 39.3 Å². The van der Waals surface area contributed by atoms with E-state index in [-0.39, 0.29) is 0 Å². The van der Waals surface area contributed by atoms with E-state index in [9.17, 15) is 0 Å². The highest BCUT2D eigenvalue weighted by Gasteiger charge is 2.14. The topological polar surface area (TPSA) is 53.3 Å². The van der Waals surface area contributed by atoms with Gasteiger partial charge in [0.05, 0.1) is 0 Å². The second kappa shape index (κ2) is 8.45. The molecule has 0 rings (SSSR count). The summed E-state index contributed by atoms with van der Waals surface area (Å²) >= 11 is 0. The summed E-state index contributed by atoms with van der Waals surface area (Å²) in [6.45, 7) is 20.2. The summed E-state index contributed by atoms with van der Waals surface area (Å²) in [5.41, 5.74) is 5.68. The molecule has 18 heavy (non-hydrogen) atoms. The molecule has 0 radical (unpaired) electrons. The van der Waals surface area contributed by atoms with Gasteiger partial charge in [0.15, 0.2) is 0 Å². The number of hydrogen-bond donors (Lipinski definition) is 3. The zero-order chi connectivity index (χ0) is 14.2. The smallest absolute Gasteiger partial charge is 0.116 e. The summed E-state index contributed by atoms with van der Waals surface area (Å²) in [4.78, 5) is 9.78. The van der Waals surface area contributed by atoms with Crippen molar-refractivity contribution < 1.29 is 0 Å². The third-order valence-electron chi connectivity index (χ3n) is 2.61. The third-order valence-corrected chi connectivity index (χ3v) is 5.23. The fraction of sp³-hybridized carbons (Fsp3) is 1.00. The minimum atomic E-state index is -1.12. The first-order valence-corrected chi connectivity index (χ1v) is 14.1. The van der Waals surface area contributed by atoms with Gasteiger partial charge in [0.1, 0.15) is 16.5 Å². The van der Waals surface area contributed by atoms with Crippen molar-refractivity contribution in [3.63, 3.8) is 0 Å². The number of nitrogens with two attached hydrogens (primary N) is 1. The van der Waals surface area contributed by atoms with Gasteiger partial charge in [-0.15, -0.1) is 0 Å². The van der Waals surface area contributed by atoms with Gasteiger partial charge < -0.3 is 15.7 Å². The molecule has 6 heteroatoms. The van der Waals surface area contributed by atoms with Crippen molar-refractivity contribution in [3.05, 3.63) is 0 Å². The summed E-state index contributed by atoms with van der Waals surface area (Å²) in [5, 5.41) is 0. The van der Waals surface area contributed by atoms with Crippen LogP contribution in [-0.4, -0.2) is 60.6 Å². The van der Waals surface area contributed by atoms with Gasteiger partial charge in [0.25, 0.3) is 0 Å². The molecule has 0 aromatic carbocycles. The van der Waals surface area contributed by atoms with Crippen molar-refractivity contribution in [1.29, 1.82) is 0 Å². The molecule has 0 aliphatic heterocycles. The molecule has 0 heterocycles. The molecule has 0 aromatic heterocycles. The van der Waals surface area contributed by atoms with Crippen molar-refractivity contribution in [1.82, 2.24) is 14.9 Å². The van der Waals surface area contributed by atoms with Crippen LogP contribution in [-0.2, 0) is 0 Å². The Hall–Kier alpha value is 0.274. The molecule has 0 amide bonds. The molecule has 0 saturated carbocycles. The maximum atomic E-state index is 5.68. The molecule has 110 valence electrons. The standard InChI is InChI=1S/C12H34N4Si2/c1-17(2,3)14-8-11-16(10-7-13)12-9-15-18(4,5)6/h14-15H,7-13H2,1-6H3. The van der Waals surface area contributed by atoms with E-state index in [0.29, 0.717) is 0 Å². The van der Waals surface area contributed by atoms with E-state index in [0.717, 1.165) is 39.3 Å². The maximum absolute atomic E-state index is 5.68. The van der Waals surface area contributed by atoms with Crippen LogP contribution in [0.25, 0.3) is 0 Å². The fourth-order valence-corrected chi connectivity index (χ4v) is 3.42. The van der Waals surface area contributed by atoms with Gasteiger partial charge in [-0.2, -0.15) is 0 Å². The average Bonchev–Trinajstić information content (AvgIpc) is 2.13. The molecular weight excluding hydrogens is 256 g/mol. The van der Waals surface area contributed by atoms with Gasteiger partial charge in [-0.1, -0.05) is 39.3 Å². The lowest BCUT2D eigenvalue weighted by Crippen LogP contribution is -2.49. The maximum Gasteiger partial charge on any atom is 0.116 e. The van der Waals surface area contributed by atoms with Gasteiger partial charge in [-0.05, 0) is 0 Å². The SMILES string of the molecule is C[Si](C)(C)NCCN(CCN)CCN[Si](C)(C)C. The van der Waals surface area contributed by atoms with E-state index in [4.69, 9.17) is 5.73 Å². The second-order valence-electron chi connectivity index (χ2n) is 6.98. The molecule has 4 N–H and O–H groups in total. The lowest BCUT2D eigenvalue weighted by molar-refractivity contribution is 0.290. The number of rotatable bonds is 10. The number of nitrogens with zero attached hydrogens (tertiary/aromatic N) is 1. The van der Waals surface area contributed by atoms with Crippen molar-refractivity contribution >= 4 is 16.5 Å². The highest BCUT2D eigenvalue weighted by molar-refractivity contribution is 6.73. The third kappa shape index (κ3) is 12.7. The predicted molar refractivity (Wildman–Crippen MR) is 88.2 cm³/mol. The lowest BCUT2D eigenvalue weighted by Gasteiger charge is -2.26. The molecule has 0 fully saturated rings. The Morgan fingerprint density at radius 1 is 0.778 bits per heavy atom. The van der Waals surface area contributed by atoms with Gasteiger partial charge >= 0.3 is 0 Å². The Kier molecular flexibility index (Phi) is 8.57. The molecule has 0 saturated heterocycles.